The van der Waals surface area contributed by atoms with Gasteiger partial charge < -0.3 is 5.73 Å². The molecule has 0 bridgehead atoms. The lowest BCUT2D eigenvalue weighted by molar-refractivity contribution is 0.586. The molecule has 6 heteroatoms. The Labute approximate surface area is 77.5 Å². The van der Waals surface area contributed by atoms with E-state index in [1.54, 1.807) is 10.9 Å². The lowest BCUT2D eigenvalue weighted by atomic mass is 10.4. The summed E-state index contributed by atoms with van der Waals surface area (Å²) in [7, 11) is -2.93. The van der Waals surface area contributed by atoms with E-state index in [9.17, 15) is 8.42 Å². The highest BCUT2D eigenvalue weighted by Gasteiger charge is 2.04. The number of aryl methyl sites for hydroxylation is 2. The first-order chi connectivity index (χ1) is 5.88. The van der Waals surface area contributed by atoms with Gasteiger partial charge in [-0.2, -0.15) is 5.10 Å². The number of sulfone groups is 1. The third kappa shape index (κ3) is 3.06. The molecule has 0 aliphatic rings. The molecule has 0 fully saturated rings. The topological polar surface area (TPSA) is 78.0 Å². The first-order valence-corrected chi connectivity index (χ1v) is 5.92. The standard InChI is InChI=1S/C7H13N3O2S/c1-6-5-10(9-7(6)8)3-4-13(2,11)12/h5H,3-4H2,1-2H3,(H2,8,9). The first-order valence-electron chi connectivity index (χ1n) is 3.86. The molecule has 0 spiro atoms. The second-order valence-corrected chi connectivity index (χ2v) is 5.35. The van der Waals surface area contributed by atoms with Crippen LogP contribution in [0.3, 0.4) is 0 Å². The monoisotopic (exact) mass is 203 g/mol. The zero-order chi connectivity index (χ0) is 10.1. The average Bonchev–Trinajstić information content (AvgIpc) is 2.27. The largest absolute Gasteiger partial charge is 0.382 e. The number of nitrogens with two attached hydrogens (primary N) is 1. The van der Waals surface area contributed by atoms with Gasteiger partial charge >= 0.3 is 0 Å². The maximum absolute atomic E-state index is 10.8. The van der Waals surface area contributed by atoms with E-state index in [1.165, 1.54) is 6.26 Å². The van der Waals surface area contributed by atoms with Crippen LogP contribution in [0.5, 0.6) is 0 Å². The summed E-state index contributed by atoms with van der Waals surface area (Å²) in [5.41, 5.74) is 6.37. The minimum Gasteiger partial charge on any atom is -0.382 e. The molecule has 74 valence electrons. The van der Waals surface area contributed by atoms with E-state index < -0.39 is 9.84 Å². The molecule has 0 aromatic carbocycles. The number of nitrogens with zero attached hydrogens (tertiary/aromatic N) is 2. The molecule has 0 amide bonds. The minimum absolute atomic E-state index is 0.0908. The second-order valence-electron chi connectivity index (χ2n) is 3.09. The van der Waals surface area contributed by atoms with E-state index in [-0.39, 0.29) is 5.75 Å². The van der Waals surface area contributed by atoms with Crippen LogP contribution in [0.2, 0.25) is 0 Å². The fraction of sp³-hybridized carbons (Fsp3) is 0.571. The maximum Gasteiger partial charge on any atom is 0.149 e. The van der Waals surface area contributed by atoms with Crippen molar-refractivity contribution in [2.45, 2.75) is 13.5 Å². The fourth-order valence-corrected chi connectivity index (χ4v) is 1.43. The summed E-state index contributed by atoms with van der Waals surface area (Å²) < 4.78 is 23.2. The number of nitrogen functional groups attached to an aromatic ring is 1. The van der Waals surface area contributed by atoms with Gasteiger partial charge in [-0.1, -0.05) is 0 Å². The molecule has 0 atom stereocenters. The van der Waals surface area contributed by atoms with Crippen molar-refractivity contribution in [3.05, 3.63) is 11.8 Å². The van der Waals surface area contributed by atoms with Crippen LogP contribution in [0.25, 0.3) is 0 Å². The second kappa shape index (κ2) is 3.37. The van der Waals surface area contributed by atoms with Gasteiger partial charge in [0.15, 0.2) is 0 Å². The Morgan fingerprint density at radius 3 is 2.62 bits per heavy atom. The average molecular weight is 203 g/mol. The molecule has 5 nitrogen and oxygen atoms in total. The van der Waals surface area contributed by atoms with Gasteiger partial charge in [-0.05, 0) is 6.92 Å². The molecule has 0 radical (unpaired) electrons. The van der Waals surface area contributed by atoms with Gasteiger partial charge in [-0.3, -0.25) is 4.68 Å². The van der Waals surface area contributed by atoms with E-state index in [0.29, 0.717) is 12.4 Å². The van der Waals surface area contributed by atoms with Crippen molar-refractivity contribution in [2.24, 2.45) is 0 Å². The van der Waals surface area contributed by atoms with Crippen LogP contribution in [0.4, 0.5) is 5.82 Å². The normalized spacial score (nSPS) is 11.8. The van der Waals surface area contributed by atoms with Crippen molar-refractivity contribution in [1.29, 1.82) is 0 Å². The molecule has 1 heterocycles. The highest BCUT2D eigenvalue weighted by atomic mass is 32.2. The Hall–Kier alpha value is -1.04. The van der Waals surface area contributed by atoms with E-state index in [2.05, 4.69) is 5.10 Å². The number of aromatic nitrogens is 2. The lowest BCUT2D eigenvalue weighted by Gasteiger charge is -1.98. The van der Waals surface area contributed by atoms with Crippen molar-refractivity contribution in [1.82, 2.24) is 9.78 Å². The molecular formula is C7H13N3O2S. The van der Waals surface area contributed by atoms with E-state index in [0.717, 1.165) is 5.56 Å². The smallest absolute Gasteiger partial charge is 0.149 e. The Morgan fingerprint density at radius 2 is 2.23 bits per heavy atom. The number of hydrogen-bond donors (Lipinski definition) is 1. The highest BCUT2D eigenvalue weighted by molar-refractivity contribution is 7.90. The highest BCUT2D eigenvalue weighted by Crippen LogP contribution is 2.05. The Kier molecular flexibility index (Phi) is 2.60. The molecule has 1 aromatic heterocycles. The van der Waals surface area contributed by atoms with Crippen LogP contribution in [-0.2, 0) is 16.4 Å². The third-order valence-corrected chi connectivity index (χ3v) is 2.60. The van der Waals surface area contributed by atoms with Crippen molar-refractivity contribution >= 4 is 15.7 Å². The van der Waals surface area contributed by atoms with Crippen molar-refractivity contribution < 1.29 is 8.42 Å². The van der Waals surface area contributed by atoms with Gasteiger partial charge in [0.1, 0.15) is 15.7 Å². The molecule has 0 saturated carbocycles. The molecular weight excluding hydrogens is 190 g/mol. The summed E-state index contributed by atoms with van der Waals surface area (Å²) in [4.78, 5) is 0. The first kappa shape index (κ1) is 10.0. The van der Waals surface area contributed by atoms with Gasteiger partial charge in [0, 0.05) is 18.0 Å². The van der Waals surface area contributed by atoms with Gasteiger partial charge in [-0.25, -0.2) is 8.42 Å². The quantitative estimate of drug-likeness (QED) is 0.739. The zero-order valence-electron chi connectivity index (χ0n) is 7.69. The van der Waals surface area contributed by atoms with E-state index >= 15 is 0 Å². The summed E-state index contributed by atoms with van der Waals surface area (Å²) in [6, 6.07) is 0. The Morgan fingerprint density at radius 1 is 1.62 bits per heavy atom. The molecule has 0 aliphatic carbocycles. The summed E-state index contributed by atoms with van der Waals surface area (Å²) in [5, 5.41) is 3.94. The van der Waals surface area contributed by atoms with Crippen LogP contribution in [0, 0.1) is 6.92 Å². The molecule has 13 heavy (non-hydrogen) atoms. The predicted octanol–water partition coefficient (Wildman–Crippen LogP) is -0.182. The predicted molar refractivity (Wildman–Crippen MR) is 51.1 cm³/mol. The fourth-order valence-electron chi connectivity index (χ4n) is 0.910. The summed E-state index contributed by atoms with van der Waals surface area (Å²) >= 11 is 0. The Bertz CT molecular complexity index is 374. The molecule has 1 rings (SSSR count). The third-order valence-electron chi connectivity index (χ3n) is 1.67. The van der Waals surface area contributed by atoms with Crippen LogP contribution in [0.1, 0.15) is 5.56 Å². The molecule has 2 N–H and O–H groups in total. The number of hydrogen-bond acceptors (Lipinski definition) is 4. The SMILES string of the molecule is Cc1cn(CCS(C)(=O)=O)nc1N. The minimum atomic E-state index is -2.93. The zero-order valence-corrected chi connectivity index (χ0v) is 8.50. The van der Waals surface area contributed by atoms with Gasteiger partial charge in [-0.15, -0.1) is 0 Å². The van der Waals surface area contributed by atoms with Crippen molar-refractivity contribution in [3.63, 3.8) is 0 Å². The molecule has 0 unspecified atom stereocenters. The summed E-state index contributed by atoms with van der Waals surface area (Å²) in [5.74, 6) is 0.543. The van der Waals surface area contributed by atoms with Crippen LogP contribution < -0.4 is 5.73 Å². The van der Waals surface area contributed by atoms with Crippen molar-refractivity contribution in [3.8, 4) is 0 Å². The lowest BCUT2D eigenvalue weighted by Crippen LogP contribution is -2.11. The van der Waals surface area contributed by atoms with Crippen LogP contribution >= 0.6 is 0 Å². The van der Waals surface area contributed by atoms with E-state index in [4.69, 9.17) is 5.73 Å². The number of rotatable bonds is 3. The van der Waals surface area contributed by atoms with Crippen LogP contribution in [0.15, 0.2) is 6.20 Å². The van der Waals surface area contributed by atoms with Gasteiger partial charge in [0.25, 0.3) is 0 Å². The molecule has 0 saturated heterocycles. The summed E-state index contributed by atoms with van der Waals surface area (Å²) in [6.07, 6.45) is 2.94. The van der Waals surface area contributed by atoms with Crippen molar-refractivity contribution in [2.75, 3.05) is 17.7 Å². The van der Waals surface area contributed by atoms with Gasteiger partial charge in [0.2, 0.25) is 0 Å². The van der Waals surface area contributed by atoms with E-state index in [1.807, 2.05) is 6.92 Å². The van der Waals surface area contributed by atoms with Gasteiger partial charge in [0.05, 0.1) is 12.3 Å². The maximum atomic E-state index is 10.8. The molecule has 0 aliphatic heterocycles. The number of anilines is 1. The van der Waals surface area contributed by atoms with Crippen LogP contribution in [-0.4, -0.2) is 30.2 Å². The molecule has 1 aromatic rings. The summed E-state index contributed by atoms with van der Waals surface area (Å²) in [6.45, 7) is 2.19. The Balaban J connectivity index is 2.66.